The summed E-state index contributed by atoms with van der Waals surface area (Å²) >= 11 is 0. The van der Waals surface area contributed by atoms with Crippen LogP contribution in [0.25, 0.3) is 0 Å². The highest BCUT2D eigenvalue weighted by Gasteiger charge is 2.37. The molecule has 0 saturated heterocycles. The summed E-state index contributed by atoms with van der Waals surface area (Å²) in [7, 11) is 0. The van der Waals surface area contributed by atoms with E-state index in [1.165, 1.54) is 0 Å². The summed E-state index contributed by atoms with van der Waals surface area (Å²) in [5.41, 5.74) is 0.0608. The van der Waals surface area contributed by atoms with E-state index in [1.54, 1.807) is 27.7 Å². The number of nitrogens with one attached hydrogen (secondary N) is 3. The fourth-order valence-electron chi connectivity index (χ4n) is 4.24. The number of nitrogens with zero attached hydrogens (tertiary/aromatic N) is 3. The average Bonchev–Trinajstić information content (AvgIpc) is 3.04. The Hall–Kier alpha value is -4.17. The monoisotopic (exact) mass is 696 g/mol. The van der Waals surface area contributed by atoms with E-state index in [0.29, 0.717) is 57.3 Å². The normalized spacial score (nSPS) is 12.0. The molecule has 0 aliphatic carbocycles. The molecule has 15 heteroatoms. The van der Waals surface area contributed by atoms with Crippen molar-refractivity contribution in [2.24, 2.45) is 10.3 Å². The number of rotatable bonds is 23. The summed E-state index contributed by atoms with van der Waals surface area (Å²) in [4.78, 5) is 72.2. The molecule has 0 aromatic heterocycles. The van der Waals surface area contributed by atoms with Gasteiger partial charge in [-0.15, -0.1) is 0 Å². The van der Waals surface area contributed by atoms with Gasteiger partial charge in [0.2, 0.25) is 0 Å². The number of urea groups is 1. The van der Waals surface area contributed by atoms with Crippen LogP contribution in [0.1, 0.15) is 126 Å². The molecule has 0 saturated carbocycles. The molecule has 5 amide bonds. The SMILES string of the molecule is C=CC(=O)OCCOC(=O)N(C(=O)NCCCCCCC(C)(C)NC(=O)O/N=C(\C)CC)C(C)(C)CCCCCNC(=O)O/N=C(\C)CC. The number of amides is 5. The van der Waals surface area contributed by atoms with Gasteiger partial charge in [-0.1, -0.05) is 62.8 Å². The molecule has 0 heterocycles. The van der Waals surface area contributed by atoms with E-state index in [4.69, 9.17) is 19.1 Å². The van der Waals surface area contributed by atoms with Gasteiger partial charge in [0.15, 0.2) is 0 Å². The van der Waals surface area contributed by atoms with Gasteiger partial charge < -0.3 is 25.4 Å². The minimum atomic E-state index is -0.905. The van der Waals surface area contributed by atoms with Crippen LogP contribution in [-0.2, 0) is 23.9 Å². The van der Waals surface area contributed by atoms with Gasteiger partial charge in [-0.05, 0) is 80.1 Å². The predicted octanol–water partition coefficient (Wildman–Crippen LogP) is 6.96. The van der Waals surface area contributed by atoms with E-state index >= 15 is 0 Å². The first kappa shape index (κ1) is 44.8. The molecule has 0 aromatic rings. The summed E-state index contributed by atoms with van der Waals surface area (Å²) in [5, 5.41) is 15.8. The fraction of sp³-hybridized carbons (Fsp3) is 0.735. The molecule has 0 atom stereocenters. The van der Waals surface area contributed by atoms with Crippen LogP contribution in [0, 0.1) is 0 Å². The minimum Gasteiger partial charge on any atom is -0.459 e. The number of carbonyl (C=O) groups excluding carboxylic acids is 5. The second-order valence-electron chi connectivity index (χ2n) is 12.9. The average molecular weight is 697 g/mol. The third-order valence-electron chi connectivity index (χ3n) is 7.48. The second kappa shape index (κ2) is 24.9. The van der Waals surface area contributed by atoms with Gasteiger partial charge in [-0.25, -0.2) is 28.9 Å². The molecule has 0 aliphatic rings. The van der Waals surface area contributed by atoms with E-state index in [1.807, 2.05) is 27.7 Å². The van der Waals surface area contributed by atoms with E-state index < -0.39 is 41.4 Å². The number of hydrogen-bond donors (Lipinski definition) is 3. The number of ether oxygens (including phenoxy) is 2. The van der Waals surface area contributed by atoms with Crippen molar-refractivity contribution in [2.45, 2.75) is 137 Å². The Labute approximate surface area is 291 Å². The van der Waals surface area contributed by atoms with Gasteiger partial charge in [0.25, 0.3) is 0 Å². The number of esters is 1. The predicted molar refractivity (Wildman–Crippen MR) is 188 cm³/mol. The van der Waals surface area contributed by atoms with Crippen molar-refractivity contribution in [1.82, 2.24) is 20.9 Å². The maximum absolute atomic E-state index is 13.3. The molecule has 0 aromatic carbocycles. The molecule has 0 bridgehead atoms. The van der Waals surface area contributed by atoms with Crippen LogP contribution in [0.4, 0.5) is 19.2 Å². The standard InChI is InChI=1S/C34H60N6O9/c1-10-26(4)38-48-30(43)36-23-19-15-17-21-34(8,9)40(32(45)47-25-24-46-28(41)12-3)29(42)35-22-18-14-13-16-20-33(6,7)37-31(44)49-39-27(5)11-2/h12H,3,10-11,13-25H2,1-2,4-9H3,(H,35,42)(H,36,43)(H,37,44)/b38-26+,39-27+. The van der Waals surface area contributed by atoms with Crippen molar-refractivity contribution in [1.29, 1.82) is 0 Å². The van der Waals surface area contributed by atoms with Gasteiger partial charge >= 0.3 is 30.3 Å². The van der Waals surface area contributed by atoms with E-state index in [9.17, 15) is 24.0 Å². The third-order valence-corrected chi connectivity index (χ3v) is 7.48. The molecule has 0 rings (SSSR count). The van der Waals surface area contributed by atoms with E-state index in [0.717, 1.165) is 48.8 Å². The van der Waals surface area contributed by atoms with Gasteiger partial charge in [-0.3, -0.25) is 9.68 Å². The number of hydrogen-bond acceptors (Lipinski definition) is 11. The molecule has 0 radical (unpaired) electrons. The number of oxime groups is 2. The lowest BCUT2D eigenvalue weighted by atomic mass is 9.95. The zero-order chi connectivity index (χ0) is 37.3. The van der Waals surface area contributed by atoms with Crippen molar-refractivity contribution in [3.63, 3.8) is 0 Å². The Bertz CT molecular complexity index is 1120. The van der Waals surface area contributed by atoms with Crippen LogP contribution in [-0.4, -0.2) is 84.0 Å². The fourth-order valence-corrected chi connectivity index (χ4v) is 4.24. The lowest BCUT2D eigenvalue weighted by Crippen LogP contribution is -2.55. The van der Waals surface area contributed by atoms with Crippen molar-refractivity contribution in [3.8, 4) is 0 Å². The van der Waals surface area contributed by atoms with Crippen LogP contribution in [0.5, 0.6) is 0 Å². The van der Waals surface area contributed by atoms with Crippen LogP contribution >= 0.6 is 0 Å². The summed E-state index contributed by atoms with van der Waals surface area (Å²) < 4.78 is 10.1. The van der Waals surface area contributed by atoms with Crippen molar-refractivity contribution < 1.29 is 43.1 Å². The maximum Gasteiger partial charge on any atom is 0.433 e. The summed E-state index contributed by atoms with van der Waals surface area (Å²) in [6.45, 7) is 18.4. The number of carbonyl (C=O) groups is 5. The summed E-state index contributed by atoms with van der Waals surface area (Å²) in [6.07, 6.45) is 6.83. The van der Waals surface area contributed by atoms with Gasteiger partial charge in [0.05, 0.1) is 17.0 Å². The van der Waals surface area contributed by atoms with Crippen LogP contribution in [0.3, 0.4) is 0 Å². The first-order valence-corrected chi connectivity index (χ1v) is 17.1. The first-order valence-electron chi connectivity index (χ1n) is 17.1. The Morgan fingerprint density at radius 3 is 1.82 bits per heavy atom. The molecule has 0 unspecified atom stereocenters. The molecule has 3 N–H and O–H groups in total. The van der Waals surface area contributed by atoms with Gasteiger partial charge in [0, 0.05) is 24.7 Å². The highest BCUT2D eigenvalue weighted by atomic mass is 16.7. The van der Waals surface area contributed by atoms with Crippen molar-refractivity contribution in [3.05, 3.63) is 12.7 Å². The molecular weight excluding hydrogens is 636 g/mol. The molecule has 0 spiro atoms. The molecule has 49 heavy (non-hydrogen) atoms. The van der Waals surface area contributed by atoms with E-state index in [2.05, 4.69) is 32.8 Å². The zero-order valence-electron chi connectivity index (χ0n) is 30.9. The smallest absolute Gasteiger partial charge is 0.433 e. The number of unbranched alkanes of at least 4 members (excludes halogenated alkanes) is 5. The van der Waals surface area contributed by atoms with Crippen LogP contribution < -0.4 is 16.0 Å². The minimum absolute atomic E-state index is 0.175. The van der Waals surface area contributed by atoms with Gasteiger partial charge in [0.1, 0.15) is 13.2 Å². The van der Waals surface area contributed by atoms with E-state index in [-0.39, 0.29) is 13.2 Å². The Kier molecular flexibility index (Phi) is 22.8. The molecule has 280 valence electrons. The maximum atomic E-state index is 13.3. The van der Waals surface area contributed by atoms with Crippen LogP contribution in [0.15, 0.2) is 23.0 Å². The third kappa shape index (κ3) is 22.2. The summed E-state index contributed by atoms with van der Waals surface area (Å²) in [6, 6.07) is -0.588. The van der Waals surface area contributed by atoms with Crippen molar-refractivity contribution in [2.75, 3.05) is 26.3 Å². The lowest BCUT2D eigenvalue weighted by Gasteiger charge is -2.36. The highest BCUT2D eigenvalue weighted by molar-refractivity contribution is 5.92. The molecule has 0 aliphatic heterocycles. The Morgan fingerprint density at radius 1 is 0.714 bits per heavy atom. The van der Waals surface area contributed by atoms with Crippen LogP contribution in [0.2, 0.25) is 0 Å². The topological polar surface area (TPSA) is 186 Å². The second-order valence-corrected chi connectivity index (χ2v) is 12.9. The Morgan fingerprint density at radius 2 is 1.22 bits per heavy atom. The molecule has 0 fully saturated rings. The first-order chi connectivity index (χ1) is 23.1. The Balaban J connectivity index is 4.88. The quantitative estimate of drug-likeness (QED) is 0.0254. The zero-order valence-corrected chi connectivity index (χ0v) is 30.9. The van der Waals surface area contributed by atoms with Gasteiger partial charge in [-0.2, -0.15) is 0 Å². The summed E-state index contributed by atoms with van der Waals surface area (Å²) in [5.74, 6) is -0.646. The largest absolute Gasteiger partial charge is 0.459 e. The lowest BCUT2D eigenvalue weighted by molar-refractivity contribution is -0.138. The number of imide groups is 1. The highest BCUT2D eigenvalue weighted by Crippen LogP contribution is 2.24. The molecular formula is C34H60N6O9. The molecule has 15 nitrogen and oxygen atoms in total. The van der Waals surface area contributed by atoms with Crippen molar-refractivity contribution >= 4 is 41.7 Å².